The van der Waals surface area contributed by atoms with Gasteiger partial charge in [0.1, 0.15) is 18.2 Å². The lowest BCUT2D eigenvalue weighted by Crippen LogP contribution is -2.28. The van der Waals surface area contributed by atoms with Crippen LogP contribution < -0.4 is 5.56 Å². The standard InChI is InChI=1S/C20H19N3O5/c1-3-27-18(25)13-23-17(24)11-15(10-16(12-21)20(26)28-4-2)19(22-23)14-8-6-5-7-9-14/h5-11H,3-4,13H2,1-2H3/b16-10+. The Bertz CT molecular complexity index is 987. The van der Waals surface area contributed by atoms with Gasteiger partial charge in [0.2, 0.25) is 0 Å². The lowest BCUT2D eigenvalue weighted by Gasteiger charge is -2.10. The second-order valence-corrected chi connectivity index (χ2v) is 5.51. The molecule has 0 spiro atoms. The molecule has 1 heterocycles. The van der Waals surface area contributed by atoms with E-state index >= 15 is 0 Å². The largest absolute Gasteiger partial charge is 0.465 e. The Kier molecular flexibility index (Phi) is 7.22. The van der Waals surface area contributed by atoms with Crippen molar-refractivity contribution in [2.45, 2.75) is 20.4 Å². The zero-order valence-electron chi connectivity index (χ0n) is 15.5. The lowest BCUT2D eigenvalue weighted by molar-refractivity contribution is -0.144. The van der Waals surface area contributed by atoms with E-state index in [1.54, 1.807) is 44.2 Å². The van der Waals surface area contributed by atoms with Crippen LogP contribution in [-0.2, 0) is 25.6 Å². The molecule has 0 N–H and O–H groups in total. The van der Waals surface area contributed by atoms with Crippen LogP contribution >= 0.6 is 0 Å². The molecule has 0 amide bonds. The van der Waals surface area contributed by atoms with Gasteiger partial charge in [0, 0.05) is 17.2 Å². The van der Waals surface area contributed by atoms with E-state index in [-0.39, 0.29) is 30.9 Å². The average molecular weight is 381 g/mol. The van der Waals surface area contributed by atoms with Gasteiger partial charge in [-0.25, -0.2) is 9.48 Å². The quantitative estimate of drug-likeness (QED) is 0.409. The molecule has 0 aliphatic heterocycles. The molecule has 0 saturated heterocycles. The number of carbonyl (C=O) groups is 2. The monoisotopic (exact) mass is 381 g/mol. The number of nitriles is 1. The molecule has 0 saturated carbocycles. The fourth-order valence-corrected chi connectivity index (χ4v) is 2.38. The minimum atomic E-state index is -0.792. The summed E-state index contributed by atoms with van der Waals surface area (Å²) >= 11 is 0. The summed E-state index contributed by atoms with van der Waals surface area (Å²) in [6.07, 6.45) is 1.25. The molecule has 1 aromatic heterocycles. The number of benzene rings is 1. The van der Waals surface area contributed by atoms with Crippen LogP contribution in [0.4, 0.5) is 0 Å². The van der Waals surface area contributed by atoms with Gasteiger partial charge in [-0.05, 0) is 19.9 Å². The predicted octanol–water partition coefficient (Wildman–Crippen LogP) is 1.94. The molecular formula is C20H19N3O5. The van der Waals surface area contributed by atoms with Crippen molar-refractivity contribution in [3.05, 3.63) is 57.9 Å². The van der Waals surface area contributed by atoms with Gasteiger partial charge in [0.25, 0.3) is 5.56 Å². The van der Waals surface area contributed by atoms with Crippen LogP contribution in [0, 0.1) is 11.3 Å². The minimum absolute atomic E-state index is 0.114. The summed E-state index contributed by atoms with van der Waals surface area (Å²) in [7, 11) is 0. The van der Waals surface area contributed by atoms with Crippen LogP contribution in [0.15, 0.2) is 46.8 Å². The van der Waals surface area contributed by atoms with Crippen molar-refractivity contribution < 1.29 is 19.1 Å². The summed E-state index contributed by atoms with van der Waals surface area (Å²) in [6, 6.07) is 11.9. The maximum Gasteiger partial charge on any atom is 0.348 e. The zero-order chi connectivity index (χ0) is 20.5. The predicted molar refractivity (Wildman–Crippen MR) is 101 cm³/mol. The van der Waals surface area contributed by atoms with Crippen LogP contribution in [0.5, 0.6) is 0 Å². The smallest absolute Gasteiger partial charge is 0.348 e. The Morgan fingerprint density at radius 3 is 2.46 bits per heavy atom. The topological polar surface area (TPSA) is 111 Å². The van der Waals surface area contributed by atoms with E-state index in [9.17, 15) is 19.6 Å². The normalized spacial score (nSPS) is 10.8. The van der Waals surface area contributed by atoms with E-state index < -0.39 is 17.5 Å². The number of carbonyl (C=O) groups excluding carboxylic acids is 2. The number of hydrogen-bond acceptors (Lipinski definition) is 7. The highest BCUT2D eigenvalue weighted by Crippen LogP contribution is 2.22. The molecule has 8 heteroatoms. The molecule has 0 unspecified atom stereocenters. The van der Waals surface area contributed by atoms with Crippen molar-refractivity contribution in [2.75, 3.05) is 13.2 Å². The van der Waals surface area contributed by atoms with Crippen molar-refractivity contribution in [1.29, 1.82) is 5.26 Å². The zero-order valence-corrected chi connectivity index (χ0v) is 15.5. The molecule has 0 fully saturated rings. The third-order valence-corrected chi connectivity index (χ3v) is 3.57. The average Bonchev–Trinajstić information content (AvgIpc) is 2.69. The number of aromatic nitrogens is 2. The molecule has 0 aliphatic rings. The maximum absolute atomic E-state index is 12.4. The molecule has 0 atom stereocenters. The molecule has 2 aromatic rings. The first-order valence-electron chi connectivity index (χ1n) is 8.62. The first kappa shape index (κ1) is 20.6. The molecule has 2 rings (SSSR count). The SMILES string of the molecule is CCOC(=O)Cn1nc(-c2ccccc2)c(/C=C(\C#N)C(=O)OCC)cc1=O. The maximum atomic E-state index is 12.4. The Hall–Kier alpha value is -3.73. The molecule has 1 aromatic carbocycles. The third kappa shape index (κ3) is 5.14. The van der Waals surface area contributed by atoms with E-state index in [1.807, 2.05) is 6.07 Å². The first-order valence-corrected chi connectivity index (χ1v) is 8.62. The Morgan fingerprint density at radius 2 is 1.86 bits per heavy atom. The van der Waals surface area contributed by atoms with E-state index in [0.717, 1.165) is 4.68 Å². The Morgan fingerprint density at radius 1 is 1.18 bits per heavy atom. The number of rotatable bonds is 7. The van der Waals surface area contributed by atoms with Gasteiger partial charge in [-0.1, -0.05) is 30.3 Å². The summed E-state index contributed by atoms with van der Waals surface area (Å²) in [5, 5.41) is 13.5. The fraction of sp³-hybridized carbons (Fsp3) is 0.250. The van der Waals surface area contributed by atoms with Gasteiger partial charge < -0.3 is 9.47 Å². The molecule has 0 bridgehead atoms. The van der Waals surface area contributed by atoms with Gasteiger partial charge in [-0.3, -0.25) is 9.59 Å². The van der Waals surface area contributed by atoms with Gasteiger partial charge >= 0.3 is 11.9 Å². The van der Waals surface area contributed by atoms with Gasteiger partial charge in [0.05, 0.1) is 18.9 Å². The second-order valence-electron chi connectivity index (χ2n) is 5.51. The van der Waals surface area contributed by atoms with E-state index in [2.05, 4.69) is 5.10 Å². The minimum Gasteiger partial charge on any atom is -0.465 e. The first-order chi connectivity index (χ1) is 13.5. The van der Waals surface area contributed by atoms with Crippen molar-refractivity contribution in [2.24, 2.45) is 0 Å². The lowest BCUT2D eigenvalue weighted by atomic mass is 10.0. The Labute approximate surface area is 161 Å². The van der Waals surface area contributed by atoms with Crippen molar-refractivity contribution >= 4 is 18.0 Å². The highest BCUT2D eigenvalue weighted by Gasteiger charge is 2.16. The van der Waals surface area contributed by atoms with Crippen LogP contribution in [0.2, 0.25) is 0 Å². The molecule has 144 valence electrons. The summed E-state index contributed by atoms with van der Waals surface area (Å²) in [4.78, 5) is 36.1. The highest BCUT2D eigenvalue weighted by molar-refractivity contribution is 5.98. The Balaban J connectivity index is 2.60. The van der Waals surface area contributed by atoms with Crippen LogP contribution in [0.3, 0.4) is 0 Å². The second kappa shape index (κ2) is 9.83. The van der Waals surface area contributed by atoms with Crippen molar-refractivity contribution in [3.8, 4) is 17.3 Å². The molecule has 0 radical (unpaired) electrons. The van der Waals surface area contributed by atoms with Gasteiger partial charge in [-0.15, -0.1) is 0 Å². The van der Waals surface area contributed by atoms with Gasteiger partial charge in [-0.2, -0.15) is 10.4 Å². The summed E-state index contributed by atoms with van der Waals surface area (Å²) < 4.78 is 10.7. The van der Waals surface area contributed by atoms with E-state index in [0.29, 0.717) is 11.3 Å². The van der Waals surface area contributed by atoms with E-state index in [1.165, 1.54) is 12.1 Å². The third-order valence-electron chi connectivity index (χ3n) is 3.57. The number of ether oxygens (including phenoxy) is 2. The number of hydrogen-bond donors (Lipinski definition) is 0. The molecular weight excluding hydrogens is 362 g/mol. The summed E-state index contributed by atoms with van der Waals surface area (Å²) in [5.41, 5.74) is 0.415. The highest BCUT2D eigenvalue weighted by atomic mass is 16.5. The molecule has 8 nitrogen and oxygen atoms in total. The fourth-order valence-electron chi connectivity index (χ4n) is 2.38. The summed E-state index contributed by atoms with van der Waals surface area (Å²) in [5.74, 6) is -1.39. The van der Waals surface area contributed by atoms with Crippen LogP contribution in [-0.4, -0.2) is 34.9 Å². The molecule has 28 heavy (non-hydrogen) atoms. The number of esters is 2. The summed E-state index contributed by atoms with van der Waals surface area (Å²) in [6.45, 7) is 3.24. The van der Waals surface area contributed by atoms with Crippen LogP contribution in [0.1, 0.15) is 19.4 Å². The van der Waals surface area contributed by atoms with E-state index in [4.69, 9.17) is 9.47 Å². The van der Waals surface area contributed by atoms with Crippen molar-refractivity contribution in [1.82, 2.24) is 9.78 Å². The van der Waals surface area contributed by atoms with Crippen molar-refractivity contribution in [3.63, 3.8) is 0 Å². The number of nitrogens with zero attached hydrogens (tertiary/aromatic N) is 3. The van der Waals surface area contributed by atoms with Crippen LogP contribution in [0.25, 0.3) is 17.3 Å². The van der Waals surface area contributed by atoms with Gasteiger partial charge in [0.15, 0.2) is 0 Å². The molecule has 0 aliphatic carbocycles.